The summed E-state index contributed by atoms with van der Waals surface area (Å²) in [4.78, 5) is 0. The van der Waals surface area contributed by atoms with Crippen LogP contribution in [0.15, 0.2) is 36.4 Å². The molecule has 0 aliphatic carbocycles. The lowest BCUT2D eigenvalue weighted by Gasteiger charge is -2.16. The zero-order valence-corrected chi connectivity index (χ0v) is 14.3. The number of hydrogen-bond donors (Lipinski definition) is 1. The fraction of sp³-hybridized carbons (Fsp3) is 0.429. The van der Waals surface area contributed by atoms with Gasteiger partial charge in [-0.3, -0.25) is 0 Å². The Labute approximate surface area is 135 Å². The summed E-state index contributed by atoms with van der Waals surface area (Å²) in [5.74, 6) is 0. The average molecular weight is 296 g/mol. The van der Waals surface area contributed by atoms with Crippen molar-refractivity contribution in [2.45, 2.75) is 59.5 Å². The van der Waals surface area contributed by atoms with Crippen LogP contribution in [0.4, 0.5) is 0 Å². The number of rotatable bonds is 6. The first kappa shape index (κ1) is 16.8. The molecule has 0 saturated carbocycles. The normalized spacial score (nSPS) is 11.2. The van der Waals surface area contributed by atoms with E-state index in [2.05, 4.69) is 64.1 Å². The summed E-state index contributed by atoms with van der Waals surface area (Å²) >= 11 is 0. The van der Waals surface area contributed by atoms with E-state index in [4.69, 9.17) is 0 Å². The van der Waals surface area contributed by atoms with Gasteiger partial charge in [0.2, 0.25) is 0 Å². The fourth-order valence-electron chi connectivity index (χ4n) is 2.91. The highest BCUT2D eigenvalue weighted by atomic mass is 16.3. The van der Waals surface area contributed by atoms with Crippen molar-refractivity contribution in [1.29, 1.82) is 0 Å². The predicted octanol–water partition coefficient (Wildman–Crippen LogP) is 5.02. The quantitative estimate of drug-likeness (QED) is 0.793. The lowest BCUT2D eigenvalue weighted by Crippen LogP contribution is -2.04. The van der Waals surface area contributed by atoms with Crippen molar-refractivity contribution in [3.63, 3.8) is 0 Å². The van der Waals surface area contributed by atoms with E-state index in [9.17, 15) is 5.11 Å². The number of benzene rings is 2. The van der Waals surface area contributed by atoms with Crippen LogP contribution in [0.1, 0.15) is 67.2 Å². The van der Waals surface area contributed by atoms with Gasteiger partial charge in [0.1, 0.15) is 6.10 Å². The Morgan fingerprint density at radius 1 is 0.591 bits per heavy atom. The van der Waals surface area contributed by atoms with Crippen LogP contribution < -0.4 is 0 Å². The molecule has 2 aromatic rings. The Balaban J connectivity index is 2.44. The first-order valence-electron chi connectivity index (χ1n) is 8.54. The number of hydrogen-bond acceptors (Lipinski definition) is 1. The minimum Gasteiger partial charge on any atom is -0.384 e. The second-order valence-corrected chi connectivity index (χ2v) is 5.98. The van der Waals surface area contributed by atoms with Crippen LogP contribution >= 0.6 is 0 Å². The van der Waals surface area contributed by atoms with Crippen LogP contribution in [0, 0.1) is 0 Å². The van der Waals surface area contributed by atoms with Crippen molar-refractivity contribution in [3.8, 4) is 0 Å². The summed E-state index contributed by atoms with van der Waals surface area (Å²) in [6.07, 6.45) is 3.48. The first-order valence-corrected chi connectivity index (χ1v) is 8.54. The van der Waals surface area contributed by atoms with Crippen molar-refractivity contribution in [2.24, 2.45) is 0 Å². The highest BCUT2D eigenvalue weighted by Crippen LogP contribution is 2.27. The molecule has 0 aliphatic rings. The molecule has 0 bridgehead atoms. The minimum atomic E-state index is -0.534. The molecule has 0 unspecified atom stereocenters. The van der Waals surface area contributed by atoms with Crippen LogP contribution in [-0.2, 0) is 25.7 Å². The van der Waals surface area contributed by atoms with Gasteiger partial charge in [-0.1, -0.05) is 64.1 Å². The van der Waals surface area contributed by atoms with Crippen molar-refractivity contribution >= 4 is 0 Å². The van der Waals surface area contributed by atoms with E-state index < -0.39 is 6.10 Å². The largest absolute Gasteiger partial charge is 0.384 e. The smallest absolute Gasteiger partial charge is 0.104 e. The number of aliphatic hydroxyl groups is 1. The van der Waals surface area contributed by atoms with Crippen molar-refractivity contribution < 1.29 is 5.11 Å². The van der Waals surface area contributed by atoms with Crippen molar-refractivity contribution in [2.75, 3.05) is 0 Å². The average Bonchev–Trinajstić information content (AvgIpc) is 2.59. The third-order valence-corrected chi connectivity index (χ3v) is 4.41. The molecule has 0 radical (unpaired) electrons. The van der Waals surface area contributed by atoms with Gasteiger partial charge in [0.05, 0.1) is 0 Å². The Bertz CT molecular complexity index is 528. The molecule has 0 heterocycles. The zero-order chi connectivity index (χ0) is 16.1. The Kier molecular flexibility index (Phi) is 5.79. The van der Waals surface area contributed by atoms with Crippen LogP contribution in [0.3, 0.4) is 0 Å². The lowest BCUT2D eigenvalue weighted by molar-refractivity contribution is 0.220. The summed E-state index contributed by atoms with van der Waals surface area (Å²) in [5.41, 5.74) is 7.25. The van der Waals surface area contributed by atoms with Gasteiger partial charge in [-0.25, -0.2) is 0 Å². The molecule has 1 nitrogen and oxygen atoms in total. The molecule has 1 N–H and O–H groups in total. The van der Waals surface area contributed by atoms with E-state index in [1.54, 1.807) is 0 Å². The number of aryl methyl sites for hydroxylation is 4. The van der Waals surface area contributed by atoms with Gasteiger partial charge in [0, 0.05) is 0 Å². The van der Waals surface area contributed by atoms with Crippen LogP contribution in [0.25, 0.3) is 0 Å². The molecule has 0 amide bonds. The summed E-state index contributed by atoms with van der Waals surface area (Å²) < 4.78 is 0. The maximum atomic E-state index is 10.9. The maximum absolute atomic E-state index is 10.9. The molecule has 0 saturated heterocycles. The molecule has 22 heavy (non-hydrogen) atoms. The Hall–Kier alpha value is -1.60. The first-order chi connectivity index (χ1) is 10.6. The molecule has 2 rings (SSSR count). The molecular weight excluding hydrogens is 268 g/mol. The van der Waals surface area contributed by atoms with E-state index in [0.29, 0.717) is 0 Å². The number of aliphatic hydroxyl groups excluding tert-OH is 1. The van der Waals surface area contributed by atoms with E-state index in [1.165, 1.54) is 22.3 Å². The Morgan fingerprint density at radius 3 is 1.09 bits per heavy atom. The standard InChI is InChI=1S/C21H28O/c1-5-15-9-16(6-2)12-19(11-15)21(22)20-13-17(7-3)10-18(8-4)14-20/h9-14,21-22H,5-8H2,1-4H3. The fourth-order valence-corrected chi connectivity index (χ4v) is 2.91. The molecule has 0 atom stereocenters. The van der Waals surface area contributed by atoms with Crippen molar-refractivity contribution in [3.05, 3.63) is 69.8 Å². The van der Waals surface area contributed by atoms with E-state index >= 15 is 0 Å². The molecule has 1 heteroatoms. The molecule has 0 fully saturated rings. The minimum absolute atomic E-state index is 0.534. The topological polar surface area (TPSA) is 20.2 Å². The summed E-state index contributed by atoms with van der Waals surface area (Å²) in [6, 6.07) is 13.1. The molecule has 0 aromatic heterocycles. The summed E-state index contributed by atoms with van der Waals surface area (Å²) in [6.45, 7) is 8.66. The summed E-state index contributed by atoms with van der Waals surface area (Å²) in [7, 11) is 0. The van der Waals surface area contributed by atoms with Gasteiger partial charge in [-0.2, -0.15) is 0 Å². The third kappa shape index (κ3) is 3.78. The van der Waals surface area contributed by atoms with Crippen LogP contribution in [-0.4, -0.2) is 5.11 Å². The molecule has 0 spiro atoms. The van der Waals surface area contributed by atoms with E-state index in [0.717, 1.165) is 36.8 Å². The second kappa shape index (κ2) is 7.60. The highest BCUT2D eigenvalue weighted by molar-refractivity contribution is 5.39. The van der Waals surface area contributed by atoms with E-state index in [1.807, 2.05) is 0 Å². The maximum Gasteiger partial charge on any atom is 0.104 e. The second-order valence-electron chi connectivity index (χ2n) is 5.98. The van der Waals surface area contributed by atoms with Gasteiger partial charge in [0.25, 0.3) is 0 Å². The van der Waals surface area contributed by atoms with Gasteiger partial charge in [0.15, 0.2) is 0 Å². The van der Waals surface area contributed by atoms with E-state index in [-0.39, 0.29) is 0 Å². The van der Waals surface area contributed by atoms with Gasteiger partial charge < -0.3 is 5.11 Å². The molecule has 118 valence electrons. The Morgan fingerprint density at radius 2 is 0.864 bits per heavy atom. The SMILES string of the molecule is CCc1cc(CC)cc(C(O)c2cc(CC)cc(CC)c2)c1. The summed E-state index contributed by atoms with van der Waals surface area (Å²) in [5, 5.41) is 10.9. The van der Waals surface area contributed by atoms with Gasteiger partial charge >= 0.3 is 0 Å². The highest BCUT2D eigenvalue weighted by Gasteiger charge is 2.13. The molecule has 0 aliphatic heterocycles. The zero-order valence-electron chi connectivity index (χ0n) is 14.3. The van der Waals surface area contributed by atoms with Gasteiger partial charge in [-0.05, 0) is 59.1 Å². The van der Waals surface area contributed by atoms with Crippen LogP contribution in [0.2, 0.25) is 0 Å². The van der Waals surface area contributed by atoms with Crippen LogP contribution in [0.5, 0.6) is 0 Å². The molecule has 2 aromatic carbocycles. The third-order valence-electron chi connectivity index (χ3n) is 4.41. The predicted molar refractivity (Wildman–Crippen MR) is 94.5 cm³/mol. The van der Waals surface area contributed by atoms with Crippen molar-refractivity contribution in [1.82, 2.24) is 0 Å². The monoisotopic (exact) mass is 296 g/mol. The lowest BCUT2D eigenvalue weighted by atomic mass is 9.93. The van der Waals surface area contributed by atoms with Gasteiger partial charge in [-0.15, -0.1) is 0 Å². The molecular formula is C21H28O.